The zero-order chi connectivity index (χ0) is 20.9. The Labute approximate surface area is 177 Å². The molecule has 1 aliphatic rings. The lowest BCUT2D eigenvalue weighted by Crippen LogP contribution is -2.15. The number of rotatable bonds is 4. The maximum Gasteiger partial charge on any atom is 0.333 e. The molecule has 1 saturated heterocycles. The van der Waals surface area contributed by atoms with E-state index in [1.807, 2.05) is 0 Å². The SMILES string of the molecule is C=C1C(=O)OCC1C(O)c1cn(S(=O)(=O)c2cccc(Cl)c2)c2ccc(Cl)cc12. The molecule has 0 aliphatic carbocycles. The summed E-state index contributed by atoms with van der Waals surface area (Å²) in [7, 11) is -4.00. The molecule has 29 heavy (non-hydrogen) atoms. The highest BCUT2D eigenvalue weighted by atomic mass is 35.5. The van der Waals surface area contributed by atoms with E-state index >= 15 is 0 Å². The molecule has 1 aliphatic heterocycles. The van der Waals surface area contributed by atoms with Gasteiger partial charge >= 0.3 is 5.97 Å². The third-order valence-corrected chi connectivity index (χ3v) is 7.06. The summed E-state index contributed by atoms with van der Waals surface area (Å²) in [5.41, 5.74) is 0.773. The van der Waals surface area contributed by atoms with Gasteiger partial charge in [0.15, 0.2) is 0 Å². The molecule has 2 unspecified atom stereocenters. The highest BCUT2D eigenvalue weighted by Gasteiger charge is 2.37. The Morgan fingerprint density at radius 1 is 1.17 bits per heavy atom. The van der Waals surface area contributed by atoms with Crippen LogP contribution in [0.5, 0.6) is 0 Å². The van der Waals surface area contributed by atoms with Crippen molar-refractivity contribution in [2.45, 2.75) is 11.0 Å². The largest absolute Gasteiger partial charge is 0.462 e. The third-order valence-electron chi connectivity index (χ3n) is 4.92. The monoisotopic (exact) mass is 451 g/mol. The Balaban J connectivity index is 1.91. The number of ether oxygens (including phenoxy) is 1. The van der Waals surface area contributed by atoms with Crippen LogP contribution in [0.2, 0.25) is 10.0 Å². The van der Waals surface area contributed by atoms with Gasteiger partial charge in [0.1, 0.15) is 6.61 Å². The number of esters is 1. The van der Waals surface area contributed by atoms with Gasteiger partial charge in [-0.15, -0.1) is 0 Å². The van der Waals surface area contributed by atoms with Crippen molar-refractivity contribution in [3.05, 3.63) is 76.4 Å². The molecule has 150 valence electrons. The second kappa shape index (κ2) is 7.18. The Morgan fingerprint density at radius 3 is 2.55 bits per heavy atom. The quantitative estimate of drug-likeness (QED) is 0.479. The Hall–Kier alpha value is -2.32. The third kappa shape index (κ3) is 3.34. The Bertz CT molecular complexity index is 1270. The number of fused-ring (bicyclic) bond motifs is 1. The van der Waals surface area contributed by atoms with E-state index in [4.69, 9.17) is 27.9 Å². The van der Waals surface area contributed by atoms with Crippen LogP contribution in [-0.2, 0) is 19.6 Å². The molecule has 2 aromatic carbocycles. The summed E-state index contributed by atoms with van der Waals surface area (Å²) in [5, 5.41) is 12.0. The van der Waals surface area contributed by atoms with E-state index in [9.17, 15) is 18.3 Å². The molecule has 0 spiro atoms. The summed E-state index contributed by atoms with van der Waals surface area (Å²) in [6.07, 6.45) is 0.128. The lowest BCUT2D eigenvalue weighted by atomic mass is 9.92. The lowest BCUT2D eigenvalue weighted by molar-refractivity contribution is -0.135. The topological polar surface area (TPSA) is 85.6 Å². The van der Waals surface area contributed by atoms with E-state index in [0.717, 1.165) is 3.97 Å². The van der Waals surface area contributed by atoms with E-state index in [1.165, 1.54) is 18.3 Å². The fourth-order valence-corrected chi connectivity index (χ4v) is 5.23. The smallest absolute Gasteiger partial charge is 0.333 e. The summed E-state index contributed by atoms with van der Waals surface area (Å²) in [6, 6.07) is 10.6. The van der Waals surface area contributed by atoms with Gasteiger partial charge in [0, 0.05) is 32.8 Å². The van der Waals surface area contributed by atoms with E-state index in [0.29, 0.717) is 21.5 Å². The minimum Gasteiger partial charge on any atom is -0.462 e. The van der Waals surface area contributed by atoms with Crippen LogP contribution in [0.3, 0.4) is 0 Å². The van der Waals surface area contributed by atoms with Crippen molar-refractivity contribution < 1.29 is 23.1 Å². The maximum atomic E-state index is 13.3. The zero-order valence-electron chi connectivity index (χ0n) is 14.9. The fourth-order valence-electron chi connectivity index (χ4n) is 3.38. The van der Waals surface area contributed by atoms with Crippen LogP contribution in [-0.4, -0.2) is 30.1 Å². The summed E-state index contributed by atoms with van der Waals surface area (Å²) < 4.78 is 32.5. The van der Waals surface area contributed by atoms with Crippen LogP contribution in [0.1, 0.15) is 11.7 Å². The Kier molecular flexibility index (Phi) is 4.94. The number of cyclic esters (lactones) is 1. The summed E-state index contributed by atoms with van der Waals surface area (Å²) >= 11 is 12.1. The first kappa shape index (κ1) is 20.0. The highest BCUT2D eigenvalue weighted by molar-refractivity contribution is 7.90. The summed E-state index contributed by atoms with van der Waals surface area (Å²) in [6.45, 7) is 3.64. The van der Waals surface area contributed by atoms with Crippen LogP contribution >= 0.6 is 23.2 Å². The molecule has 6 nitrogen and oxygen atoms in total. The predicted octanol–water partition coefficient (Wildman–Crippen LogP) is 3.95. The number of hydrogen-bond acceptors (Lipinski definition) is 5. The number of hydrogen-bond donors (Lipinski definition) is 1. The number of nitrogens with zero attached hydrogens (tertiary/aromatic N) is 1. The maximum absolute atomic E-state index is 13.3. The molecular formula is C20H15Cl2NO5S. The van der Waals surface area contributed by atoms with Gasteiger partial charge in [0.05, 0.1) is 22.4 Å². The van der Waals surface area contributed by atoms with Gasteiger partial charge in [-0.3, -0.25) is 0 Å². The molecule has 4 rings (SSSR count). The van der Waals surface area contributed by atoms with Crippen molar-refractivity contribution in [2.75, 3.05) is 6.61 Å². The number of halogens is 2. The molecule has 2 heterocycles. The summed E-state index contributed by atoms with van der Waals surface area (Å²) in [5.74, 6) is -1.27. The fraction of sp³-hybridized carbons (Fsp3) is 0.150. The van der Waals surface area contributed by atoms with Crippen molar-refractivity contribution in [1.82, 2.24) is 3.97 Å². The first-order chi connectivity index (χ1) is 13.7. The van der Waals surface area contributed by atoms with Gasteiger partial charge in [0.25, 0.3) is 10.0 Å². The van der Waals surface area contributed by atoms with Gasteiger partial charge in [-0.05, 0) is 36.4 Å². The average molecular weight is 452 g/mol. The van der Waals surface area contributed by atoms with Crippen molar-refractivity contribution in [1.29, 1.82) is 0 Å². The van der Waals surface area contributed by atoms with Crippen LogP contribution in [0.4, 0.5) is 0 Å². The van der Waals surface area contributed by atoms with Gasteiger partial charge in [0.2, 0.25) is 0 Å². The number of carbonyl (C=O) groups excluding carboxylic acids is 1. The number of aliphatic hydroxyl groups is 1. The highest BCUT2D eigenvalue weighted by Crippen LogP contribution is 2.38. The molecule has 0 bridgehead atoms. The second-order valence-corrected chi connectivity index (χ2v) is 9.37. The van der Waals surface area contributed by atoms with E-state index < -0.39 is 28.0 Å². The number of aliphatic hydroxyl groups excluding tert-OH is 1. The molecule has 1 N–H and O–H groups in total. The molecule has 2 atom stereocenters. The van der Waals surface area contributed by atoms with Gasteiger partial charge in [-0.1, -0.05) is 35.8 Å². The van der Waals surface area contributed by atoms with Crippen molar-refractivity contribution in [2.24, 2.45) is 5.92 Å². The molecule has 3 aromatic rings. The van der Waals surface area contributed by atoms with E-state index in [-0.39, 0.29) is 22.1 Å². The van der Waals surface area contributed by atoms with Gasteiger partial charge in [-0.2, -0.15) is 0 Å². The predicted molar refractivity (Wildman–Crippen MR) is 110 cm³/mol. The number of carbonyl (C=O) groups is 1. The first-order valence-electron chi connectivity index (χ1n) is 8.56. The molecular weight excluding hydrogens is 437 g/mol. The first-order valence-corrected chi connectivity index (χ1v) is 10.8. The van der Waals surface area contributed by atoms with Crippen LogP contribution in [0.15, 0.2) is 65.7 Å². The van der Waals surface area contributed by atoms with E-state index in [2.05, 4.69) is 6.58 Å². The molecule has 0 saturated carbocycles. The van der Waals surface area contributed by atoms with E-state index in [1.54, 1.807) is 30.3 Å². The van der Waals surface area contributed by atoms with Crippen molar-refractivity contribution >= 4 is 50.1 Å². The summed E-state index contributed by atoms with van der Waals surface area (Å²) in [4.78, 5) is 11.7. The standard InChI is InChI=1S/C20H15Cl2NO5S/c1-11-17(10-28-20(11)25)19(24)16-9-23(18-6-5-13(22)8-15(16)18)29(26,27)14-4-2-3-12(21)7-14/h2-9,17,19,24H,1,10H2. The van der Waals surface area contributed by atoms with Crippen LogP contribution in [0.25, 0.3) is 10.9 Å². The Morgan fingerprint density at radius 2 is 1.90 bits per heavy atom. The van der Waals surface area contributed by atoms with Crippen LogP contribution < -0.4 is 0 Å². The normalized spacial score (nSPS) is 18.2. The number of benzene rings is 2. The number of aromatic nitrogens is 1. The molecule has 0 radical (unpaired) electrons. The molecule has 0 amide bonds. The molecule has 1 aromatic heterocycles. The second-order valence-electron chi connectivity index (χ2n) is 6.68. The molecule has 9 heteroatoms. The van der Waals surface area contributed by atoms with Crippen molar-refractivity contribution in [3.63, 3.8) is 0 Å². The average Bonchev–Trinajstić information content (AvgIpc) is 3.22. The van der Waals surface area contributed by atoms with Gasteiger partial charge < -0.3 is 9.84 Å². The van der Waals surface area contributed by atoms with Crippen molar-refractivity contribution in [3.8, 4) is 0 Å². The zero-order valence-corrected chi connectivity index (χ0v) is 17.2. The van der Waals surface area contributed by atoms with Crippen LogP contribution in [0, 0.1) is 5.92 Å². The minimum absolute atomic E-state index is 0.00155. The minimum atomic E-state index is -4.00. The van der Waals surface area contributed by atoms with Gasteiger partial charge in [-0.25, -0.2) is 17.2 Å². The molecule has 1 fully saturated rings. The lowest BCUT2D eigenvalue weighted by Gasteiger charge is -2.15.